The number of unbranched alkanes of at least 4 members (excludes halogenated alkanes) is 24. The molecule has 1 aliphatic rings. The lowest BCUT2D eigenvalue weighted by atomic mass is 10.00. The van der Waals surface area contributed by atoms with E-state index in [9.17, 15) is 37.9 Å². The molecule has 0 aromatic rings. The van der Waals surface area contributed by atoms with E-state index in [1.807, 2.05) is 0 Å². The van der Waals surface area contributed by atoms with Gasteiger partial charge < -0.3 is 34.3 Å². The van der Waals surface area contributed by atoms with Gasteiger partial charge in [0.2, 0.25) is 0 Å². The molecule has 1 fully saturated rings. The van der Waals surface area contributed by atoms with Gasteiger partial charge >= 0.3 is 11.9 Å². The standard InChI is InChI=1S/C59H102O12S/c1-3-5-7-9-11-13-15-17-19-21-23-25-26-28-29-31-33-35-37-39-41-43-45-47-54(60)68-49-52(50-69-59-58(64)57(63)56(62)53(71-59)51-72(65,66)67)70-55(61)48-46-44-42-40-38-36-34-32-30-27-24-22-20-18-16-14-12-10-8-6-4-2/h6,8,12,14-15,17-18,20-21,23-24,27,52-53,56-59,62-64H,3-5,7,9-11,13,16,19,22,25-26,28-51H2,1-2H3,(H,65,66,67)/b8-6-,14-12-,17-15-,20-18-,23-21-,27-24-. The molecule has 1 heterocycles. The second-order valence-corrected chi connectivity index (χ2v) is 21.1. The molecule has 416 valence electrons. The van der Waals surface area contributed by atoms with Crippen LogP contribution in [0.4, 0.5) is 0 Å². The van der Waals surface area contributed by atoms with Gasteiger partial charge in [-0.1, -0.05) is 209 Å². The van der Waals surface area contributed by atoms with Crippen molar-refractivity contribution in [3.05, 3.63) is 72.9 Å². The monoisotopic (exact) mass is 1030 g/mol. The smallest absolute Gasteiger partial charge is 0.306 e. The summed E-state index contributed by atoms with van der Waals surface area (Å²) >= 11 is 0. The number of hydrogen-bond acceptors (Lipinski definition) is 11. The van der Waals surface area contributed by atoms with Crippen molar-refractivity contribution < 1.29 is 56.8 Å². The van der Waals surface area contributed by atoms with Crippen molar-refractivity contribution in [2.24, 2.45) is 0 Å². The highest BCUT2D eigenvalue weighted by Crippen LogP contribution is 2.24. The van der Waals surface area contributed by atoms with Gasteiger partial charge in [0.25, 0.3) is 10.1 Å². The second-order valence-electron chi connectivity index (χ2n) is 19.6. The Balaban J connectivity index is 2.33. The first kappa shape index (κ1) is 67.1. The SMILES string of the molecule is CC/C=C\C/C=C\C/C=C\C/C=C\CCCCCCCCCCC(=O)OC(COC(=O)CCCCCCCCCCCCC/C=C\C/C=C\CCCCCCC)COC1OC(CS(=O)(=O)O)C(O)C(O)C1O. The number of esters is 2. The van der Waals surface area contributed by atoms with Crippen molar-refractivity contribution in [1.82, 2.24) is 0 Å². The number of aliphatic hydroxyl groups is 3. The largest absolute Gasteiger partial charge is 0.462 e. The Kier molecular flexibility index (Phi) is 44.5. The molecule has 0 saturated carbocycles. The maximum absolute atomic E-state index is 12.9. The topological polar surface area (TPSA) is 186 Å². The summed E-state index contributed by atoms with van der Waals surface area (Å²) in [6, 6.07) is 0. The summed E-state index contributed by atoms with van der Waals surface area (Å²) in [5.41, 5.74) is 0. The van der Waals surface area contributed by atoms with Gasteiger partial charge in [-0.25, -0.2) is 0 Å². The van der Waals surface area contributed by atoms with Crippen LogP contribution in [0.1, 0.15) is 232 Å². The average molecular weight is 1040 g/mol. The number of allylic oxidation sites excluding steroid dienone is 12. The van der Waals surface area contributed by atoms with E-state index in [2.05, 4.69) is 86.8 Å². The number of aliphatic hydroxyl groups excluding tert-OH is 3. The van der Waals surface area contributed by atoms with Gasteiger partial charge in [0, 0.05) is 12.8 Å². The molecular weight excluding hydrogens is 933 g/mol. The lowest BCUT2D eigenvalue weighted by Gasteiger charge is -2.40. The first-order valence-corrected chi connectivity index (χ1v) is 30.1. The summed E-state index contributed by atoms with van der Waals surface area (Å²) in [6.45, 7) is 3.66. The van der Waals surface area contributed by atoms with Gasteiger partial charge in [-0.15, -0.1) is 0 Å². The van der Waals surface area contributed by atoms with E-state index < -0.39 is 71.2 Å². The Morgan fingerprint density at radius 3 is 1.31 bits per heavy atom. The predicted octanol–water partition coefficient (Wildman–Crippen LogP) is 13.8. The van der Waals surface area contributed by atoms with E-state index in [4.69, 9.17) is 18.9 Å². The molecule has 0 aromatic heterocycles. The van der Waals surface area contributed by atoms with Crippen molar-refractivity contribution in [1.29, 1.82) is 0 Å². The molecule has 0 aliphatic carbocycles. The van der Waals surface area contributed by atoms with Gasteiger partial charge in [0.1, 0.15) is 36.8 Å². The van der Waals surface area contributed by atoms with Gasteiger partial charge in [-0.05, 0) is 83.5 Å². The van der Waals surface area contributed by atoms with E-state index in [0.717, 1.165) is 83.5 Å². The molecule has 13 heteroatoms. The van der Waals surface area contributed by atoms with Crippen LogP contribution in [0, 0.1) is 0 Å². The molecule has 0 spiro atoms. The quantitative estimate of drug-likeness (QED) is 0.0196. The summed E-state index contributed by atoms with van der Waals surface area (Å²) in [5.74, 6) is -2.00. The van der Waals surface area contributed by atoms with Gasteiger partial charge in [0.15, 0.2) is 12.4 Å². The van der Waals surface area contributed by atoms with Crippen molar-refractivity contribution in [3.8, 4) is 0 Å². The summed E-state index contributed by atoms with van der Waals surface area (Å²) in [6.07, 6.45) is 53.6. The Hall–Kier alpha value is -2.91. The van der Waals surface area contributed by atoms with Crippen molar-refractivity contribution in [3.63, 3.8) is 0 Å². The molecule has 6 atom stereocenters. The molecule has 0 aromatic carbocycles. The highest BCUT2D eigenvalue weighted by molar-refractivity contribution is 7.85. The first-order chi connectivity index (χ1) is 35.0. The van der Waals surface area contributed by atoms with Crippen LogP contribution in [-0.2, 0) is 38.7 Å². The zero-order valence-corrected chi connectivity index (χ0v) is 45.8. The minimum Gasteiger partial charge on any atom is -0.462 e. The fraction of sp³-hybridized carbons (Fsp3) is 0.763. The van der Waals surface area contributed by atoms with Crippen molar-refractivity contribution in [2.45, 2.75) is 269 Å². The molecule has 1 rings (SSSR count). The highest BCUT2D eigenvalue weighted by Gasteiger charge is 2.46. The summed E-state index contributed by atoms with van der Waals surface area (Å²) in [4.78, 5) is 25.6. The van der Waals surface area contributed by atoms with Crippen LogP contribution in [0.5, 0.6) is 0 Å². The third-order valence-electron chi connectivity index (χ3n) is 12.8. The number of rotatable bonds is 48. The van der Waals surface area contributed by atoms with E-state index in [1.165, 1.54) is 109 Å². The number of hydrogen-bond donors (Lipinski definition) is 4. The maximum Gasteiger partial charge on any atom is 0.306 e. The molecule has 0 amide bonds. The Morgan fingerprint density at radius 1 is 0.486 bits per heavy atom. The molecule has 1 aliphatic heterocycles. The Labute approximate surface area is 438 Å². The third kappa shape index (κ3) is 41.4. The van der Waals surface area contributed by atoms with Crippen LogP contribution in [0.15, 0.2) is 72.9 Å². The molecule has 12 nitrogen and oxygen atoms in total. The van der Waals surface area contributed by atoms with Crippen LogP contribution >= 0.6 is 0 Å². The summed E-state index contributed by atoms with van der Waals surface area (Å²) in [7, 11) is -4.61. The molecular formula is C59H102O12S. The lowest BCUT2D eigenvalue weighted by Crippen LogP contribution is -2.60. The molecule has 1 saturated heterocycles. The van der Waals surface area contributed by atoms with Crippen LogP contribution in [-0.4, -0.2) is 96.0 Å². The van der Waals surface area contributed by atoms with Crippen LogP contribution in [0.3, 0.4) is 0 Å². The predicted molar refractivity (Wildman–Crippen MR) is 293 cm³/mol. The number of ether oxygens (including phenoxy) is 4. The van der Waals surface area contributed by atoms with E-state index in [1.54, 1.807) is 0 Å². The van der Waals surface area contributed by atoms with Gasteiger partial charge in [-0.3, -0.25) is 14.1 Å². The van der Waals surface area contributed by atoms with E-state index in [-0.39, 0.29) is 19.4 Å². The minimum atomic E-state index is -4.61. The average Bonchev–Trinajstić information content (AvgIpc) is 3.35. The second kappa shape index (κ2) is 47.8. The minimum absolute atomic E-state index is 0.152. The Morgan fingerprint density at radius 2 is 0.875 bits per heavy atom. The van der Waals surface area contributed by atoms with Gasteiger partial charge in [-0.2, -0.15) is 8.42 Å². The van der Waals surface area contributed by atoms with Crippen molar-refractivity contribution in [2.75, 3.05) is 19.0 Å². The summed E-state index contributed by atoms with van der Waals surface area (Å²) < 4.78 is 54.4. The number of carbonyl (C=O) groups excluding carboxylic acids is 2. The third-order valence-corrected chi connectivity index (χ3v) is 13.5. The molecule has 0 bridgehead atoms. The molecule has 6 unspecified atom stereocenters. The van der Waals surface area contributed by atoms with Crippen LogP contribution in [0.25, 0.3) is 0 Å². The normalized spacial score (nSPS) is 19.3. The molecule has 4 N–H and O–H groups in total. The zero-order valence-electron chi connectivity index (χ0n) is 45.0. The molecule has 0 radical (unpaired) electrons. The number of carbonyl (C=O) groups is 2. The van der Waals surface area contributed by atoms with E-state index >= 15 is 0 Å². The Bertz CT molecular complexity index is 1590. The first-order valence-electron chi connectivity index (χ1n) is 28.5. The van der Waals surface area contributed by atoms with E-state index in [0.29, 0.717) is 12.8 Å². The van der Waals surface area contributed by atoms with Crippen LogP contribution in [0.2, 0.25) is 0 Å². The lowest BCUT2D eigenvalue weighted by molar-refractivity contribution is -0.297. The molecule has 72 heavy (non-hydrogen) atoms. The fourth-order valence-electron chi connectivity index (χ4n) is 8.41. The highest BCUT2D eigenvalue weighted by atomic mass is 32.2. The van der Waals surface area contributed by atoms with Crippen molar-refractivity contribution >= 4 is 22.1 Å². The fourth-order valence-corrected chi connectivity index (χ4v) is 9.10. The summed E-state index contributed by atoms with van der Waals surface area (Å²) in [5, 5.41) is 31.1. The maximum atomic E-state index is 12.9. The van der Waals surface area contributed by atoms with Crippen LogP contribution < -0.4 is 0 Å². The van der Waals surface area contributed by atoms with Gasteiger partial charge in [0.05, 0.1) is 6.61 Å². The zero-order chi connectivity index (χ0) is 52.6.